The number of urea groups is 1. The van der Waals surface area contributed by atoms with E-state index >= 15 is 0 Å². The van der Waals surface area contributed by atoms with E-state index < -0.39 is 30.2 Å². The largest absolute Gasteiger partial charge is 0.471 e. The molecule has 0 spiro atoms. The van der Waals surface area contributed by atoms with Gasteiger partial charge in [-0.2, -0.15) is 4.37 Å². The number of carbonyl (C=O) groups is 2. The van der Waals surface area contributed by atoms with E-state index in [2.05, 4.69) is 20.0 Å². The van der Waals surface area contributed by atoms with Crippen LogP contribution in [0.5, 0.6) is 5.88 Å². The molecule has 2 heterocycles. The molecule has 0 atom stereocenters. The van der Waals surface area contributed by atoms with Crippen molar-refractivity contribution in [2.45, 2.75) is 26.0 Å². The number of nitrogens with one attached hydrogen (secondary N) is 2. The fourth-order valence-corrected chi connectivity index (χ4v) is 3.69. The van der Waals surface area contributed by atoms with Crippen LogP contribution in [0, 0.1) is 11.6 Å². The van der Waals surface area contributed by atoms with Gasteiger partial charge in [0.25, 0.3) is 0 Å². The number of methoxy groups -OCH3 is 1. The van der Waals surface area contributed by atoms with Gasteiger partial charge in [-0.25, -0.2) is 23.4 Å². The lowest BCUT2D eigenvalue weighted by Crippen LogP contribution is -2.30. The lowest BCUT2D eigenvalue weighted by atomic mass is 10.2. The second-order valence-electron chi connectivity index (χ2n) is 6.71. The molecule has 3 rings (SSSR count). The number of ether oxygens (including phenoxy) is 2. The van der Waals surface area contributed by atoms with Crippen molar-refractivity contribution in [3.8, 4) is 5.88 Å². The van der Waals surface area contributed by atoms with Crippen molar-refractivity contribution in [3.63, 3.8) is 0 Å². The van der Waals surface area contributed by atoms with E-state index in [-0.39, 0.29) is 27.0 Å². The molecule has 13 heteroatoms. The zero-order valence-electron chi connectivity index (χ0n) is 17.4. The summed E-state index contributed by atoms with van der Waals surface area (Å²) in [5, 5.41) is 5.18. The van der Waals surface area contributed by atoms with Crippen LogP contribution in [0.4, 0.5) is 18.6 Å². The van der Waals surface area contributed by atoms with Crippen molar-refractivity contribution in [1.29, 1.82) is 0 Å². The minimum Gasteiger partial charge on any atom is -0.471 e. The van der Waals surface area contributed by atoms with E-state index in [1.165, 1.54) is 0 Å². The number of hydrogen-bond acceptors (Lipinski definition) is 7. The molecule has 1 aromatic carbocycles. The summed E-state index contributed by atoms with van der Waals surface area (Å²) >= 11 is 6.38. The summed E-state index contributed by atoms with van der Waals surface area (Å²) in [6.07, 6.45) is 6.83. The topological polar surface area (TPSA) is 107 Å². The molecule has 2 N–H and O–H groups in total. The first kappa shape index (κ1) is 24.4. The quantitative estimate of drug-likeness (QED) is 0.319. The number of imidazole rings is 1. The number of aromatic nitrogens is 3. The van der Waals surface area contributed by atoms with Gasteiger partial charge < -0.3 is 19.4 Å². The van der Waals surface area contributed by atoms with E-state index in [9.17, 15) is 18.4 Å². The molecule has 176 valence electrons. The van der Waals surface area contributed by atoms with Crippen LogP contribution in [0.25, 0.3) is 0 Å². The van der Waals surface area contributed by atoms with Gasteiger partial charge >= 0.3 is 12.0 Å². The van der Waals surface area contributed by atoms with Crippen LogP contribution >= 0.6 is 23.1 Å². The van der Waals surface area contributed by atoms with Crippen molar-refractivity contribution in [1.82, 2.24) is 19.2 Å². The van der Waals surface area contributed by atoms with E-state index in [1.54, 1.807) is 12.5 Å². The van der Waals surface area contributed by atoms with E-state index in [1.807, 2.05) is 10.8 Å². The smallest absolute Gasteiger partial charge is 0.346 e. The maximum Gasteiger partial charge on any atom is 0.346 e. The number of unbranched alkanes of at least 4 members (excludes halogenated alkanes) is 1. The minimum atomic E-state index is -0.902. The third-order valence-electron chi connectivity index (χ3n) is 4.42. The Kier molecular flexibility index (Phi) is 8.55. The normalized spacial score (nSPS) is 10.7. The van der Waals surface area contributed by atoms with Gasteiger partial charge in [-0.1, -0.05) is 11.6 Å². The highest BCUT2D eigenvalue weighted by molar-refractivity contribution is 7.11. The molecular formula is C20H20ClF2N5O4S. The number of anilines is 1. The Morgan fingerprint density at radius 1 is 1.24 bits per heavy atom. The van der Waals surface area contributed by atoms with Gasteiger partial charge in [-0.05, 0) is 36.5 Å². The summed E-state index contributed by atoms with van der Waals surface area (Å²) < 4.78 is 43.9. The highest BCUT2D eigenvalue weighted by Gasteiger charge is 2.25. The van der Waals surface area contributed by atoms with Crippen molar-refractivity contribution in [3.05, 3.63) is 58.6 Å². The second kappa shape index (κ2) is 11.6. The number of benzene rings is 1. The van der Waals surface area contributed by atoms with E-state index in [0.717, 1.165) is 50.2 Å². The summed E-state index contributed by atoms with van der Waals surface area (Å²) in [4.78, 5) is 28.4. The molecule has 0 fully saturated rings. The highest BCUT2D eigenvalue weighted by atomic mass is 35.5. The number of halogens is 3. The Hall–Kier alpha value is -3.25. The number of carbonyl (C=O) groups excluding carboxylic acids is 2. The van der Waals surface area contributed by atoms with Crippen LogP contribution in [0.2, 0.25) is 5.02 Å². The molecule has 33 heavy (non-hydrogen) atoms. The van der Waals surface area contributed by atoms with Crippen molar-refractivity contribution >= 4 is 40.1 Å². The third-order valence-corrected chi connectivity index (χ3v) is 5.39. The predicted octanol–water partition coefficient (Wildman–Crippen LogP) is 4.24. The summed E-state index contributed by atoms with van der Waals surface area (Å²) in [6, 6.07) is 1.34. The molecule has 0 saturated heterocycles. The van der Waals surface area contributed by atoms with Gasteiger partial charge in [0.05, 0.1) is 19.0 Å². The van der Waals surface area contributed by atoms with Crippen LogP contribution in [0.1, 0.15) is 28.8 Å². The van der Waals surface area contributed by atoms with Crippen LogP contribution in [0.15, 0.2) is 30.9 Å². The molecule has 0 radical (unpaired) electrons. The molecular weight excluding hydrogens is 480 g/mol. The van der Waals surface area contributed by atoms with Crippen LogP contribution in [-0.4, -0.2) is 39.6 Å². The predicted molar refractivity (Wildman–Crippen MR) is 118 cm³/mol. The summed E-state index contributed by atoms with van der Waals surface area (Å²) in [5.41, 5.74) is -0.543. The van der Waals surface area contributed by atoms with Gasteiger partial charge in [0.15, 0.2) is 5.56 Å². The first-order valence-corrected chi connectivity index (χ1v) is 10.9. The van der Waals surface area contributed by atoms with Gasteiger partial charge in [0.1, 0.15) is 23.2 Å². The molecule has 0 bridgehead atoms. The molecule has 0 aliphatic carbocycles. The van der Waals surface area contributed by atoms with Crippen LogP contribution in [-0.2, 0) is 17.9 Å². The van der Waals surface area contributed by atoms with Crippen molar-refractivity contribution < 1.29 is 27.8 Å². The molecule has 2 aromatic heterocycles. The average molecular weight is 500 g/mol. The molecule has 2 amide bonds. The number of nitrogens with zero attached hydrogens (tertiary/aromatic N) is 3. The number of aryl methyl sites for hydroxylation is 1. The molecule has 9 nitrogen and oxygen atoms in total. The SMILES string of the molecule is COC(=O)c1c(OCc2c(F)cc(Cl)cc2F)nsc1NC(=O)NCCCCn1ccnc1. The monoisotopic (exact) mass is 499 g/mol. The standard InChI is InChI=1S/C20H20ClF2N5O4S/c1-31-19(29)16-17(32-10-13-14(22)8-12(21)9-15(13)23)27-33-18(16)26-20(30)25-4-2-3-6-28-7-5-24-11-28/h5,7-9,11H,2-4,6,10H2,1H3,(H2,25,26,30). The Balaban J connectivity index is 1.58. The van der Waals surface area contributed by atoms with E-state index in [0.29, 0.717) is 6.54 Å². The maximum absolute atomic E-state index is 14.0. The lowest BCUT2D eigenvalue weighted by molar-refractivity contribution is 0.0596. The molecule has 0 unspecified atom stereocenters. The Bertz CT molecular complexity index is 1090. The lowest BCUT2D eigenvalue weighted by Gasteiger charge is -2.09. The van der Waals surface area contributed by atoms with Crippen molar-refractivity contribution in [2.24, 2.45) is 0 Å². The fraction of sp³-hybridized carbons (Fsp3) is 0.300. The molecule has 0 aliphatic rings. The van der Waals surface area contributed by atoms with Crippen LogP contribution < -0.4 is 15.4 Å². The van der Waals surface area contributed by atoms with Crippen LogP contribution in [0.3, 0.4) is 0 Å². The number of rotatable bonds is 10. The summed E-state index contributed by atoms with van der Waals surface area (Å²) in [6.45, 7) is 0.636. The first-order chi connectivity index (χ1) is 15.9. The van der Waals surface area contributed by atoms with Gasteiger partial charge in [-0.15, -0.1) is 0 Å². The van der Waals surface area contributed by atoms with E-state index in [4.69, 9.17) is 21.1 Å². The van der Waals surface area contributed by atoms with Crippen molar-refractivity contribution in [2.75, 3.05) is 19.0 Å². The maximum atomic E-state index is 14.0. The summed E-state index contributed by atoms with van der Waals surface area (Å²) in [7, 11) is 1.15. The Morgan fingerprint density at radius 2 is 2.00 bits per heavy atom. The summed E-state index contributed by atoms with van der Waals surface area (Å²) in [5.74, 6) is -2.86. The Labute approximate surface area is 196 Å². The average Bonchev–Trinajstić information content (AvgIpc) is 3.42. The Morgan fingerprint density at radius 3 is 2.67 bits per heavy atom. The molecule has 0 saturated carbocycles. The number of esters is 1. The van der Waals surface area contributed by atoms with Gasteiger partial charge in [-0.3, -0.25) is 5.32 Å². The minimum absolute atomic E-state index is 0.0739. The fourth-order valence-electron chi connectivity index (χ4n) is 2.78. The number of hydrogen-bond donors (Lipinski definition) is 2. The second-order valence-corrected chi connectivity index (χ2v) is 7.92. The highest BCUT2D eigenvalue weighted by Crippen LogP contribution is 2.32. The molecule has 3 aromatic rings. The zero-order chi connectivity index (χ0) is 23.8. The first-order valence-electron chi connectivity index (χ1n) is 9.73. The zero-order valence-corrected chi connectivity index (χ0v) is 19.0. The third kappa shape index (κ3) is 6.62. The van der Waals surface area contributed by atoms with Gasteiger partial charge in [0, 0.05) is 30.5 Å². The number of amides is 2. The molecule has 0 aliphatic heterocycles. The van der Waals surface area contributed by atoms with Gasteiger partial charge in [0.2, 0.25) is 5.88 Å².